The Morgan fingerprint density at radius 2 is 1.94 bits per heavy atom. The minimum atomic E-state index is -0.371. The number of fused-ring (bicyclic) bond motifs is 1. The average Bonchev–Trinajstić information content (AvgIpc) is 2.39. The van der Waals surface area contributed by atoms with Gasteiger partial charge in [-0.05, 0) is 11.6 Å². The van der Waals surface area contributed by atoms with E-state index in [0.29, 0.717) is 12.8 Å². The fourth-order valence-electron chi connectivity index (χ4n) is 2.44. The van der Waals surface area contributed by atoms with Gasteiger partial charge in [0.2, 0.25) is 0 Å². The lowest BCUT2D eigenvalue weighted by atomic mass is 9.94. The number of benzene rings is 1. The number of hydrogen-bond acceptors (Lipinski definition) is 3. The molecule has 0 bridgehead atoms. The summed E-state index contributed by atoms with van der Waals surface area (Å²) in [5.74, 6) is 0.0674. The Kier molecular flexibility index (Phi) is 2.63. The number of ketones is 1. The number of ether oxygens (including phenoxy) is 1. The topological polar surface area (TPSA) is 46.6 Å². The summed E-state index contributed by atoms with van der Waals surface area (Å²) < 4.78 is 5.40. The number of nitrogens with zero attached hydrogens (tertiary/aromatic N) is 1. The van der Waals surface area contributed by atoms with Crippen LogP contribution in [0.3, 0.4) is 0 Å². The summed E-state index contributed by atoms with van der Waals surface area (Å²) >= 11 is 0. The van der Waals surface area contributed by atoms with E-state index in [2.05, 4.69) is 0 Å². The van der Waals surface area contributed by atoms with Crippen LogP contribution in [0.1, 0.15) is 24.5 Å². The van der Waals surface area contributed by atoms with Gasteiger partial charge in [0, 0.05) is 19.0 Å². The van der Waals surface area contributed by atoms with E-state index in [1.165, 1.54) is 17.2 Å². The van der Waals surface area contributed by atoms with Crippen molar-refractivity contribution in [1.29, 1.82) is 0 Å². The maximum absolute atomic E-state index is 11.9. The molecule has 2 aliphatic heterocycles. The average molecular weight is 243 g/mol. The van der Waals surface area contributed by atoms with E-state index in [9.17, 15) is 9.59 Å². The van der Waals surface area contributed by atoms with E-state index < -0.39 is 0 Å². The van der Waals surface area contributed by atoms with Gasteiger partial charge in [0.15, 0.2) is 5.78 Å². The first-order valence-corrected chi connectivity index (χ1v) is 5.99. The zero-order chi connectivity index (χ0) is 12.5. The van der Waals surface area contributed by atoms with Crippen molar-refractivity contribution in [1.82, 2.24) is 4.90 Å². The van der Waals surface area contributed by atoms with Gasteiger partial charge in [-0.1, -0.05) is 30.3 Å². The SMILES string of the molecule is O=C1C=CN2C(=O)O[C@H](c3ccccc3)C[C@@H]2C1. The highest BCUT2D eigenvalue weighted by molar-refractivity contribution is 5.92. The Hall–Kier alpha value is -2.10. The molecule has 0 aromatic heterocycles. The van der Waals surface area contributed by atoms with Crippen LogP contribution in [0.5, 0.6) is 0 Å². The van der Waals surface area contributed by atoms with E-state index >= 15 is 0 Å². The summed E-state index contributed by atoms with van der Waals surface area (Å²) in [6, 6.07) is 9.56. The second-order valence-corrected chi connectivity index (χ2v) is 4.57. The highest BCUT2D eigenvalue weighted by Gasteiger charge is 2.37. The lowest BCUT2D eigenvalue weighted by molar-refractivity contribution is -0.117. The van der Waals surface area contributed by atoms with Gasteiger partial charge < -0.3 is 4.74 Å². The maximum atomic E-state index is 11.9. The molecule has 4 nitrogen and oxygen atoms in total. The second-order valence-electron chi connectivity index (χ2n) is 4.57. The van der Waals surface area contributed by atoms with Crippen LogP contribution in [0, 0.1) is 0 Å². The van der Waals surface area contributed by atoms with Crippen LogP contribution < -0.4 is 0 Å². The monoisotopic (exact) mass is 243 g/mol. The molecule has 0 unspecified atom stereocenters. The molecule has 18 heavy (non-hydrogen) atoms. The molecule has 0 aliphatic carbocycles. The predicted octanol–water partition coefficient (Wildman–Crippen LogP) is 2.43. The van der Waals surface area contributed by atoms with Crippen LogP contribution in [0.15, 0.2) is 42.6 Å². The van der Waals surface area contributed by atoms with Gasteiger partial charge in [0.1, 0.15) is 6.10 Å². The minimum Gasteiger partial charge on any atom is -0.441 e. The fourth-order valence-corrected chi connectivity index (χ4v) is 2.44. The third-order valence-electron chi connectivity index (χ3n) is 3.36. The smallest absolute Gasteiger partial charge is 0.414 e. The molecule has 2 atom stereocenters. The third kappa shape index (κ3) is 1.90. The van der Waals surface area contributed by atoms with Crippen molar-refractivity contribution < 1.29 is 14.3 Å². The van der Waals surface area contributed by atoms with Crippen LogP contribution in [-0.4, -0.2) is 22.8 Å². The molecule has 1 amide bonds. The molecule has 1 fully saturated rings. The quantitative estimate of drug-likeness (QED) is 0.761. The summed E-state index contributed by atoms with van der Waals surface area (Å²) in [4.78, 5) is 24.8. The van der Waals surface area contributed by atoms with E-state index in [1.54, 1.807) is 0 Å². The lowest BCUT2D eigenvalue weighted by Gasteiger charge is -2.38. The fraction of sp³-hybridized carbons (Fsp3) is 0.286. The van der Waals surface area contributed by atoms with Gasteiger partial charge in [-0.2, -0.15) is 0 Å². The number of amides is 1. The first-order chi connectivity index (χ1) is 8.74. The van der Waals surface area contributed by atoms with Gasteiger partial charge in [0.25, 0.3) is 0 Å². The molecule has 92 valence electrons. The van der Waals surface area contributed by atoms with Gasteiger partial charge in [-0.25, -0.2) is 4.79 Å². The maximum Gasteiger partial charge on any atom is 0.414 e. The second kappa shape index (κ2) is 4.29. The Bertz CT molecular complexity index is 509. The van der Waals surface area contributed by atoms with Crippen molar-refractivity contribution in [2.24, 2.45) is 0 Å². The molecule has 1 saturated heterocycles. The summed E-state index contributed by atoms with van der Waals surface area (Å²) in [7, 11) is 0. The molecular weight excluding hydrogens is 230 g/mol. The van der Waals surface area contributed by atoms with Crippen LogP contribution in [-0.2, 0) is 9.53 Å². The number of allylic oxidation sites excluding steroid dienone is 1. The van der Waals surface area contributed by atoms with E-state index in [4.69, 9.17) is 4.74 Å². The predicted molar refractivity (Wildman–Crippen MR) is 64.7 cm³/mol. The summed E-state index contributed by atoms with van der Waals surface area (Å²) in [6.07, 6.45) is 3.38. The lowest BCUT2D eigenvalue weighted by Crippen LogP contribution is -2.46. The summed E-state index contributed by atoms with van der Waals surface area (Å²) in [5.41, 5.74) is 0.979. The van der Waals surface area contributed by atoms with E-state index in [0.717, 1.165) is 5.56 Å². The molecule has 2 aliphatic rings. The molecule has 2 heterocycles. The number of rotatable bonds is 1. The standard InChI is InChI=1S/C14H13NO3/c16-12-6-7-15-11(8-12)9-13(18-14(15)17)10-4-2-1-3-5-10/h1-7,11,13H,8-9H2/t11-,13-/m0/s1. The number of hydrogen-bond donors (Lipinski definition) is 0. The van der Waals surface area contributed by atoms with Gasteiger partial charge in [-0.15, -0.1) is 0 Å². The zero-order valence-corrected chi connectivity index (χ0v) is 9.78. The number of carbonyl (C=O) groups is 2. The molecule has 0 spiro atoms. The van der Waals surface area contributed by atoms with E-state index in [1.807, 2.05) is 30.3 Å². The van der Waals surface area contributed by atoms with Crippen molar-refractivity contribution in [2.75, 3.05) is 0 Å². The Morgan fingerprint density at radius 3 is 2.72 bits per heavy atom. The first-order valence-electron chi connectivity index (χ1n) is 5.99. The van der Waals surface area contributed by atoms with Gasteiger partial charge >= 0.3 is 6.09 Å². The van der Waals surface area contributed by atoms with Gasteiger partial charge in [0.05, 0.1) is 6.04 Å². The zero-order valence-electron chi connectivity index (χ0n) is 9.78. The molecule has 0 radical (unpaired) electrons. The third-order valence-corrected chi connectivity index (χ3v) is 3.36. The first kappa shape index (κ1) is 11.0. The molecule has 3 rings (SSSR count). The highest BCUT2D eigenvalue weighted by atomic mass is 16.6. The molecule has 0 saturated carbocycles. The Balaban J connectivity index is 1.84. The van der Waals surface area contributed by atoms with Crippen molar-refractivity contribution in [3.05, 3.63) is 48.2 Å². The van der Waals surface area contributed by atoms with Crippen molar-refractivity contribution in [3.8, 4) is 0 Å². The Morgan fingerprint density at radius 1 is 1.17 bits per heavy atom. The number of carbonyl (C=O) groups excluding carboxylic acids is 2. The normalized spacial score (nSPS) is 26.8. The molecule has 4 heteroatoms. The van der Waals surface area contributed by atoms with Crippen LogP contribution in [0.2, 0.25) is 0 Å². The van der Waals surface area contributed by atoms with Crippen LogP contribution in [0.25, 0.3) is 0 Å². The molecule has 1 aromatic carbocycles. The minimum absolute atomic E-state index is 0.0674. The summed E-state index contributed by atoms with van der Waals surface area (Å²) in [5, 5.41) is 0. The van der Waals surface area contributed by atoms with Crippen molar-refractivity contribution >= 4 is 11.9 Å². The summed E-state index contributed by atoms with van der Waals surface area (Å²) in [6.45, 7) is 0. The highest BCUT2D eigenvalue weighted by Crippen LogP contribution is 2.33. The molecule has 1 aromatic rings. The van der Waals surface area contributed by atoms with Crippen LogP contribution in [0.4, 0.5) is 4.79 Å². The van der Waals surface area contributed by atoms with Crippen molar-refractivity contribution in [2.45, 2.75) is 25.0 Å². The Labute approximate surface area is 105 Å². The molecule has 0 N–H and O–H groups in total. The molecular formula is C14H13NO3. The largest absolute Gasteiger partial charge is 0.441 e. The van der Waals surface area contributed by atoms with Crippen LogP contribution >= 0.6 is 0 Å². The number of cyclic esters (lactones) is 1. The van der Waals surface area contributed by atoms with Gasteiger partial charge in [-0.3, -0.25) is 9.69 Å². The van der Waals surface area contributed by atoms with E-state index in [-0.39, 0.29) is 24.0 Å². The van der Waals surface area contributed by atoms with Crippen molar-refractivity contribution in [3.63, 3.8) is 0 Å².